The summed E-state index contributed by atoms with van der Waals surface area (Å²) in [6, 6.07) is 18.8. The van der Waals surface area contributed by atoms with Crippen LogP contribution in [0.3, 0.4) is 0 Å². The fourth-order valence-electron chi connectivity index (χ4n) is 3.44. The van der Waals surface area contributed by atoms with Crippen molar-refractivity contribution in [2.45, 2.75) is 0 Å². The highest BCUT2D eigenvalue weighted by Gasteiger charge is 2.18. The number of furan rings is 1. The van der Waals surface area contributed by atoms with Gasteiger partial charge in [0.05, 0.1) is 22.7 Å². The zero-order valence-electron chi connectivity index (χ0n) is 16.5. The van der Waals surface area contributed by atoms with Crippen molar-refractivity contribution in [3.63, 3.8) is 0 Å². The third kappa shape index (κ3) is 3.37. The summed E-state index contributed by atoms with van der Waals surface area (Å²) < 4.78 is 5.41. The molecule has 5 rings (SSSR count). The second kappa shape index (κ2) is 7.80. The van der Waals surface area contributed by atoms with E-state index in [-0.39, 0.29) is 5.69 Å². The maximum Gasteiger partial charge on any atom is 0.290 e. The number of aromatic nitrogens is 3. The van der Waals surface area contributed by atoms with Crippen molar-refractivity contribution in [2.75, 3.05) is 0 Å². The molecule has 0 spiro atoms. The maximum absolute atomic E-state index is 13.0. The predicted molar refractivity (Wildman–Crippen MR) is 117 cm³/mol. The number of nitrogens with one attached hydrogen (secondary N) is 3. The minimum Gasteiger partial charge on any atom is -0.463 e. The summed E-state index contributed by atoms with van der Waals surface area (Å²) in [5, 5.41) is 7.43. The Bertz CT molecular complexity index is 1540. The molecule has 5 aromatic rings. The molecule has 0 aliphatic heterocycles. The number of aromatic amines is 1. The van der Waals surface area contributed by atoms with Gasteiger partial charge in [-0.05, 0) is 30.3 Å². The first-order valence-corrected chi connectivity index (χ1v) is 9.63. The molecule has 0 aliphatic carbocycles. The second-order valence-corrected chi connectivity index (χ2v) is 6.90. The number of rotatable bonds is 3. The molecule has 0 bridgehead atoms. The predicted octanol–water partition coefficient (Wildman–Crippen LogP) is 2.81. The summed E-state index contributed by atoms with van der Waals surface area (Å²) in [6.45, 7) is 0. The van der Waals surface area contributed by atoms with E-state index in [9.17, 15) is 14.4 Å². The molecule has 0 aliphatic rings. The summed E-state index contributed by atoms with van der Waals surface area (Å²) in [7, 11) is 0. The molecule has 2 amide bonds. The summed E-state index contributed by atoms with van der Waals surface area (Å²) in [5.41, 5.74) is 5.74. The van der Waals surface area contributed by atoms with Crippen molar-refractivity contribution >= 4 is 33.5 Å². The summed E-state index contributed by atoms with van der Waals surface area (Å²) in [4.78, 5) is 42.1. The SMILES string of the molecule is O=C(NNC(=O)c1n[nH]c(=O)c2ccccc12)c1cc(-c2ccco2)nc2ccccc12. The van der Waals surface area contributed by atoms with Gasteiger partial charge in [0.25, 0.3) is 17.4 Å². The highest BCUT2D eigenvalue weighted by molar-refractivity contribution is 6.09. The van der Waals surface area contributed by atoms with Gasteiger partial charge in [-0.15, -0.1) is 0 Å². The van der Waals surface area contributed by atoms with Gasteiger partial charge in [-0.2, -0.15) is 5.10 Å². The number of carbonyl (C=O) groups is 2. The molecule has 0 fully saturated rings. The number of para-hydroxylation sites is 1. The molecular formula is C23H15N5O4. The lowest BCUT2D eigenvalue weighted by atomic mass is 10.1. The molecule has 0 saturated heterocycles. The van der Waals surface area contributed by atoms with E-state index in [1.54, 1.807) is 60.7 Å². The number of hydrogen-bond donors (Lipinski definition) is 3. The molecule has 9 nitrogen and oxygen atoms in total. The van der Waals surface area contributed by atoms with Crippen LogP contribution in [0.5, 0.6) is 0 Å². The van der Waals surface area contributed by atoms with E-state index in [1.807, 2.05) is 6.07 Å². The van der Waals surface area contributed by atoms with Gasteiger partial charge in [0, 0.05) is 10.8 Å². The van der Waals surface area contributed by atoms with E-state index in [1.165, 1.54) is 6.26 Å². The number of hydrogen-bond acceptors (Lipinski definition) is 6. The summed E-state index contributed by atoms with van der Waals surface area (Å²) >= 11 is 0. The van der Waals surface area contributed by atoms with Crippen molar-refractivity contribution < 1.29 is 14.0 Å². The number of H-pyrrole nitrogens is 1. The summed E-state index contributed by atoms with van der Waals surface area (Å²) in [6.07, 6.45) is 1.52. The molecule has 0 saturated carbocycles. The first-order chi connectivity index (χ1) is 15.6. The van der Waals surface area contributed by atoms with Crippen LogP contribution >= 0.6 is 0 Å². The Morgan fingerprint density at radius 2 is 1.56 bits per heavy atom. The van der Waals surface area contributed by atoms with Crippen LogP contribution in [0.2, 0.25) is 0 Å². The van der Waals surface area contributed by atoms with Gasteiger partial charge in [0.15, 0.2) is 11.5 Å². The van der Waals surface area contributed by atoms with Gasteiger partial charge in [-0.25, -0.2) is 10.1 Å². The minimum atomic E-state index is -0.671. The molecule has 0 radical (unpaired) electrons. The average molecular weight is 425 g/mol. The lowest BCUT2D eigenvalue weighted by molar-refractivity contribution is 0.0845. The van der Waals surface area contributed by atoms with Crippen LogP contribution in [0.25, 0.3) is 33.1 Å². The van der Waals surface area contributed by atoms with Crippen molar-refractivity contribution in [3.8, 4) is 11.5 Å². The average Bonchev–Trinajstić information content (AvgIpc) is 3.37. The molecule has 2 aromatic carbocycles. The lowest BCUT2D eigenvalue weighted by Gasteiger charge is -2.11. The highest BCUT2D eigenvalue weighted by Crippen LogP contribution is 2.25. The zero-order valence-corrected chi connectivity index (χ0v) is 16.5. The first kappa shape index (κ1) is 19.2. The van der Waals surface area contributed by atoms with Crippen molar-refractivity contribution in [1.82, 2.24) is 26.0 Å². The van der Waals surface area contributed by atoms with Crippen molar-refractivity contribution in [1.29, 1.82) is 0 Å². The Morgan fingerprint density at radius 1 is 0.844 bits per heavy atom. The lowest BCUT2D eigenvalue weighted by Crippen LogP contribution is -2.42. The van der Waals surface area contributed by atoms with Gasteiger partial charge >= 0.3 is 0 Å². The standard InChI is InChI=1S/C23H15N5O4/c29-21-15-8-2-1-7-14(15)20(25-26-21)23(31)28-27-22(30)16-12-18(19-10-5-11-32-19)24-17-9-4-3-6-13(16)17/h1-12H,(H,26,29)(H,27,30)(H,28,31). The fourth-order valence-corrected chi connectivity index (χ4v) is 3.44. The molecule has 3 heterocycles. The number of nitrogens with zero attached hydrogens (tertiary/aromatic N) is 2. The van der Waals surface area contributed by atoms with Gasteiger partial charge in [0.2, 0.25) is 0 Å². The number of amides is 2. The Hall–Kier alpha value is -4.79. The minimum absolute atomic E-state index is 0.0173. The largest absolute Gasteiger partial charge is 0.463 e. The van der Waals surface area contributed by atoms with Crippen LogP contribution in [0, 0.1) is 0 Å². The smallest absolute Gasteiger partial charge is 0.290 e. The first-order valence-electron chi connectivity index (χ1n) is 9.63. The van der Waals surface area contributed by atoms with Gasteiger partial charge in [-0.3, -0.25) is 25.2 Å². The van der Waals surface area contributed by atoms with E-state index >= 15 is 0 Å². The van der Waals surface area contributed by atoms with Crippen molar-refractivity contribution in [3.05, 3.63) is 94.6 Å². The van der Waals surface area contributed by atoms with E-state index in [2.05, 4.69) is 26.0 Å². The number of carbonyl (C=O) groups excluding carboxylic acids is 2. The third-order valence-corrected chi connectivity index (χ3v) is 4.94. The number of benzene rings is 2. The van der Waals surface area contributed by atoms with Gasteiger partial charge in [0.1, 0.15) is 5.69 Å². The number of fused-ring (bicyclic) bond motifs is 2. The Labute approximate surface area is 180 Å². The van der Waals surface area contributed by atoms with E-state index in [0.29, 0.717) is 38.7 Å². The molecule has 0 atom stereocenters. The van der Waals surface area contributed by atoms with Crippen LogP contribution < -0.4 is 16.4 Å². The van der Waals surface area contributed by atoms with Gasteiger partial charge in [-0.1, -0.05) is 36.4 Å². The zero-order chi connectivity index (χ0) is 22.1. The molecule has 156 valence electrons. The van der Waals surface area contributed by atoms with Crippen LogP contribution in [-0.4, -0.2) is 27.0 Å². The van der Waals surface area contributed by atoms with Crippen LogP contribution in [0.4, 0.5) is 0 Å². The van der Waals surface area contributed by atoms with Crippen LogP contribution in [0.15, 0.2) is 82.2 Å². The third-order valence-electron chi connectivity index (χ3n) is 4.94. The second-order valence-electron chi connectivity index (χ2n) is 6.90. The molecule has 3 N–H and O–H groups in total. The molecular weight excluding hydrogens is 410 g/mol. The molecule has 32 heavy (non-hydrogen) atoms. The Balaban J connectivity index is 1.45. The Morgan fingerprint density at radius 3 is 2.34 bits per heavy atom. The monoisotopic (exact) mass is 425 g/mol. The van der Waals surface area contributed by atoms with Crippen LogP contribution in [0.1, 0.15) is 20.8 Å². The van der Waals surface area contributed by atoms with Gasteiger partial charge < -0.3 is 4.42 Å². The Kier molecular flexibility index (Phi) is 4.68. The van der Waals surface area contributed by atoms with E-state index in [0.717, 1.165) is 0 Å². The highest BCUT2D eigenvalue weighted by atomic mass is 16.3. The molecule has 0 unspecified atom stereocenters. The molecule has 3 aromatic heterocycles. The quantitative estimate of drug-likeness (QED) is 0.381. The normalized spacial score (nSPS) is 10.9. The topological polar surface area (TPSA) is 130 Å². The number of hydrazine groups is 1. The number of pyridine rings is 1. The van der Waals surface area contributed by atoms with E-state index < -0.39 is 17.4 Å². The molecule has 9 heteroatoms. The fraction of sp³-hybridized carbons (Fsp3) is 0. The van der Waals surface area contributed by atoms with E-state index in [4.69, 9.17) is 4.42 Å². The summed E-state index contributed by atoms with van der Waals surface area (Å²) in [5.74, 6) is -0.702. The van der Waals surface area contributed by atoms with Crippen LogP contribution in [-0.2, 0) is 0 Å². The maximum atomic E-state index is 13.0. The van der Waals surface area contributed by atoms with Crippen molar-refractivity contribution in [2.24, 2.45) is 0 Å².